The van der Waals surface area contributed by atoms with Crippen molar-refractivity contribution in [2.24, 2.45) is 0 Å². The number of carbonyl (C=O) groups excluding carboxylic acids is 1. The molecule has 9 heteroatoms. The molecule has 1 unspecified atom stereocenters. The molecule has 0 fully saturated rings. The summed E-state index contributed by atoms with van der Waals surface area (Å²) in [7, 11) is 0. The van der Waals surface area contributed by atoms with Crippen LogP contribution in [0.25, 0.3) is 0 Å². The molecule has 2 aromatic heterocycles. The van der Waals surface area contributed by atoms with Gasteiger partial charge in [0.25, 0.3) is 5.91 Å². The molecule has 2 N–H and O–H groups in total. The number of amides is 1. The van der Waals surface area contributed by atoms with E-state index in [0.717, 1.165) is 11.3 Å². The fourth-order valence-electron chi connectivity index (χ4n) is 1.35. The van der Waals surface area contributed by atoms with E-state index in [1.807, 2.05) is 0 Å². The smallest absolute Gasteiger partial charge is 0.355 e. The van der Waals surface area contributed by atoms with Gasteiger partial charge in [-0.1, -0.05) is 11.6 Å². The zero-order valence-electron chi connectivity index (χ0n) is 10.2. The van der Waals surface area contributed by atoms with Gasteiger partial charge in [-0.25, -0.2) is 19.7 Å². The summed E-state index contributed by atoms with van der Waals surface area (Å²) in [5.41, 5.74) is 0.0775. The number of hydrogen-bond donors (Lipinski definition) is 2. The van der Waals surface area contributed by atoms with Crippen LogP contribution in [0.5, 0.6) is 0 Å². The predicted molar refractivity (Wildman–Crippen MR) is 72.0 cm³/mol. The zero-order chi connectivity index (χ0) is 14.7. The van der Waals surface area contributed by atoms with Crippen LogP contribution in [0, 0.1) is 0 Å². The summed E-state index contributed by atoms with van der Waals surface area (Å²) in [5, 5.41) is 13.6. The minimum Gasteiger partial charge on any atom is -0.476 e. The molecule has 0 aliphatic heterocycles. The van der Waals surface area contributed by atoms with E-state index < -0.39 is 17.9 Å². The van der Waals surface area contributed by atoms with Gasteiger partial charge in [0, 0.05) is 5.38 Å². The van der Waals surface area contributed by atoms with Crippen molar-refractivity contribution in [2.75, 3.05) is 0 Å². The third-order valence-corrected chi connectivity index (χ3v) is 3.53. The number of rotatable bonds is 4. The second kappa shape index (κ2) is 5.93. The summed E-state index contributed by atoms with van der Waals surface area (Å²) >= 11 is 6.74. The number of carboxylic acids is 1. The second-order valence-electron chi connectivity index (χ2n) is 3.80. The lowest BCUT2D eigenvalue weighted by atomic mass is 10.3. The maximum atomic E-state index is 11.9. The summed E-state index contributed by atoms with van der Waals surface area (Å²) in [6.45, 7) is 1.70. The van der Waals surface area contributed by atoms with Crippen molar-refractivity contribution in [3.8, 4) is 0 Å². The monoisotopic (exact) mass is 312 g/mol. The topological polar surface area (TPSA) is 105 Å². The van der Waals surface area contributed by atoms with Crippen molar-refractivity contribution in [3.63, 3.8) is 0 Å². The van der Waals surface area contributed by atoms with Crippen LogP contribution in [-0.2, 0) is 0 Å². The van der Waals surface area contributed by atoms with Crippen LogP contribution in [-0.4, -0.2) is 31.9 Å². The first-order valence-corrected chi connectivity index (χ1v) is 6.70. The van der Waals surface area contributed by atoms with E-state index in [9.17, 15) is 9.59 Å². The Morgan fingerprint density at radius 2 is 2.10 bits per heavy atom. The molecule has 104 valence electrons. The van der Waals surface area contributed by atoms with Crippen LogP contribution in [0.4, 0.5) is 0 Å². The number of halogens is 1. The first-order valence-electron chi connectivity index (χ1n) is 5.44. The second-order valence-corrected chi connectivity index (χ2v) is 5.07. The SMILES string of the molecule is CC(NC(=O)c1cnc(Cl)cn1)c1nc(C(=O)O)cs1. The highest BCUT2D eigenvalue weighted by Gasteiger charge is 2.17. The summed E-state index contributed by atoms with van der Waals surface area (Å²) in [6.07, 6.45) is 2.53. The number of carboxylic acid groups (broad SMARTS) is 1. The highest BCUT2D eigenvalue weighted by molar-refractivity contribution is 7.09. The number of carbonyl (C=O) groups is 2. The molecule has 1 atom stereocenters. The molecular formula is C11H9ClN4O3S. The highest BCUT2D eigenvalue weighted by Crippen LogP contribution is 2.18. The van der Waals surface area contributed by atoms with Crippen LogP contribution in [0.2, 0.25) is 5.15 Å². The van der Waals surface area contributed by atoms with Crippen molar-refractivity contribution in [2.45, 2.75) is 13.0 Å². The fraction of sp³-hybridized carbons (Fsp3) is 0.182. The molecule has 0 radical (unpaired) electrons. The van der Waals surface area contributed by atoms with Gasteiger partial charge < -0.3 is 10.4 Å². The van der Waals surface area contributed by atoms with Gasteiger partial charge in [-0.15, -0.1) is 11.3 Å². The first kappa shape index (κ1) is 14.4. The largest absolute Gasteiger partial charge is 0.476 e. The van der Waals surface area contributed by atoms with Gasteiger partial charge in [-0.05, 0) is 6.92 Å². The van der Waals surface area contributed by atoms with Gasteiger partial charge in [0.1, 0.15) is 15.9 Å². The number of aromatic nitrogens is 3. The van der Waals surface area contributed by atoms with E-state index in [1.165, 1.54) is 17.8 Å². The average molecular weight is 313 g/mol. The Morgan fingerprint density at radius 1 is 1.35 bits per heavy atom. The Labute approximate surface area is 122 Å². The maximum Gasteiger partial charge on any atom is 0.355 e. The predicted octanol–water partition coefficient (Wildman–Crippen LogP) is 1.78. The van der Waals surface area contributed by atoms with Crippen molar-refractivity contribution in [3.05, 3.63) is 39.3 Å². The first-order chi connectivity index (χ1) is 9.47. The van der Waals surface area contributed by atoms with E-state index in [2.05, 4.69) is 20.3 Å². The Morgan fingerprint density at radius 3 is 2.65 bits per heavy atom. The molecule has 20 heavy (non-hydrogen) atoms. The van der Waals surface area contributed by atoms with Crippen molar-refractivity contribution < 1.29 is 14.7 Å². The summed E-state index contributed by atoms with van der Waals surface area (Å²) in [5.74, 6) is -1.54. The molecule has 1 amide bonds. The molecule has 2 heterocycles. The molecule has 0 saturated carbocycles. The lowest BCUT2D eigenvalue weighted by Gasteiger charge is -2.10. The average Bonchev–Trinajstić information content (AvgIpc) is 2.89. The van der Waals surface area contributed by atoms with Crippen molar-refractivity contribution >= 4 is 34.8 Å². The number of hydrogen-bond acceptors (Lipinski definition) is 6. The van der Waals surface area contributed by atoms with Gasteiger partial charge in [0.15, 0.2) is 5.69 Å². The van der Waals surface area contributed by atoms with Crippen LogP contribution in [0.1, 0.15) is 39.0 Å². The molecule has 2 aromatic rings. The number of nitrogens with zero attached hydrogens (tertiary/aromatic N) is 3. The lowest BCUT2D eigenvalue weighted by Crippen LogP contribution is -2.27. The minimum atomic E-state index is -1.10. The number of nitrogens with one attached hydrogen (secondary N) is 1. The summed E-state index contributed by atoms with van der Waals surface area (Å²) in [4.78, 5) is 34.1. The maximum absolute atomic E-state index is 11.9. The Kier molecular flexibility index (Phi) is 4.26. The molecule has 0 spiro atoms. The molecule has 0 aliphatic rings. The Hall–Kier alpha value is -2.06. The van der Waals surface area contributed by atoms with E-state index >= 15 is 0 Å². The third-order valence-electron chi connectivity index (χ3n) is 2.31. The Balaban J connectivity index is 2.06. The molecule has 0 bridgehead atoms. The van der Waals surface area contributed by atoms with Crippen molar-refractivity contribution in [1.82, 2.24) is 20.3 Å². The molecule has 0 saturated heterocycles. The van der Waals surface area contributed by atoms with Gasteiger partial charge in [0.2, 0.25) is 0 Å². The van der Waals surface area contributed by atoms with Gasteiger partial charge in [-0.2, -0.15) is 0 Å². The van der Waals surface area contributed by atoms with Crippen LogP contribution >= 0.6 is 22.9 Å². The van der Waals surface area contributed by atoms with E-state index in [0.29, 0.717) is 5.01 Å². The lowest BCUT2D eigenvalue weighted by molar-refractivity contribution is 0.0691. The standard InChI is InChI=1S/C11H9ClN4O3S/c1-5(10-16-7(4-20-10)11(18)19)15-9(17)6-2-14-8(12)3-13-6/h2-5H,1H3,(H,15,17)(H,18,19). The normalized spacial score (nSPS) is 11.9. The molecule has 0 aromatic carbocycles. The van der Waals surface area contributed by atoms with Gasteiger partial charge in [0.05, 0.1) is 18.4 Å². The van der Waals surface area contributed by atoms with Crippen LogP contribution in [0.15, 0.2) is 17.8 Å². The van der Waals surface area contributed by atoms with E-state index in [1.54, 1.807) is 6.92 Å². The molecule has 2 rings (SSSR count). The van der Waals surface area contributed by atoms with Gasteiger partial charge in [-0.3, -0.25) is 4.79 Å². The fourth-order valence-corrected chi connectivity index (χ4v) is 2.24. The third kappa shape index (κ3) is 3.28. The van der Waals surface area contributed by atoms with Gasteiger partial charge >= 0.3 is 5.97 Å². The zero-order valence-corrected chi connectivity index (χ0v) is 11.8. The van der Waals surface area contributed by atoms with Crippen LogP contribution in [0.3, 0.4) is 0 Å². The molecular weight excluding hydrogens is 304 g/mol. The highest BCUT2D eigenvalue weighted by atomic mass is 35.5. The quantitative estimate of drug-likeness (QED) is 0.891. The van der Waals surface area contributed by atoms with Crippen molar-refractivity contribution in [1.29, 1.82) is 0 Å². The number of thiazole rings is 1. The summed E-state index contributed by atoms with van der Waals surface area (Å²) in [6, 6.07) is -0.432. The molecule has 0 aliphatic carbocycles. The van der Waals surface area contributed by atoms with E-state index in [4.69, 9.17) is 16.7 Å². The molecule has 7 nitrogen and oxygen atoms in total. The number of aromatic carboxylic acids is 1. The Bertz CT molecular complexity index is 643. The minimum absolute atomic E-state index is 0.0441. The van der Waals surface area contributed by atoms with E-state index in [-0.39, 0.29) is 16.5 Å². The summed E-state index contributed by atoms with van der Waals surface area (Å²) < 4.78 is 0. The van der Waals surface area contributed by atoms with Crippen LogP contribution < -0.4 is 5.32 Å².